The van der Waals surface area contributed by atoms with Crippen molar-refractivity contribution in [3.63, 3.8) is 0 Å². The number of hydrogen-bond donors (Lipinski definition) is 0. The van der Waals surface area contributed by atoms with Gasteiger partial charge in [0.25, 0.3) is 0 Å². The number of nitrogens with zero attached hydrogens (tertiary/aromatic N) is 4. The molecule has 3 rings (SSSR count). The first-order chi connectivity index (χ1) is 12.6. The molecule has 3 heterocycles. The van der Waals surface area contributed by atoms with Crippen molar-refractivity contribution < 1.29 is 9.59 Å². The molecule has 0 aromatic heterocycles. The van der Waals surface area contributed by atoms with E-state index in [0.717, 1.165) is 84.0 Å². The average molecular weight is 365 g/mol. The Bertz CT molecular complexity index is 460. The van der Waals surface area contributed by atoms with E-state index < -0.39 is 0 Å². The summed E-state index contributed by atoms with van der Waals surface area (Å²) in [5.74, 6) is 1.33. The minimum Gasteiger partial charge on any atom is -0.342 e. The molecule has 26 heavy (non-hydrogen) atoms. The second-order valence-corrected chi connectivity index (χ2v) is 8.41. The number of piperidine rings is 1. The molecule has 3 aliphatic rings. The molecule has 0 N–H and O–H groups in total. The summed E-state index contributed by atoms with van der Waals surface area (Å²) in [6.07, 6.45) is 7.09. The Morgan fingerprint density at radius 2 is 1.08 bits per heavy atom. The molecule has 0 aliphatic carbocycles. The third-order valence-electron chi connectivity index (χ3n) is 6.28. The zero-order chi connectivity index (χ0) is 18.4. The number of hydrogen-bond acceptors (Lipinski definition) is 4. The van der Waals surface area contributed by atoms with Gasteiger partial charge in [-0.3, -0.25) is 19.4 Å². The minimum atomic E-state index is 0.283. The smallest absolute Gasteiger partial charge is 0.236 e. The summed E-state index contributed by atoms with van der Waals surface area (Å²) in [7, 11) is 0. The highest BCUT2D eigenvalue weighted by Crippen LogP contribution is 2.16. The van der Waals surface area contributed by atoms with Gasteiger partial charge in [0, 0.05) is 52.4 Å². The first-order valence-corrected chi connectivity index (χ1v) is 10.6. The number of amides is 2. The van der Waals surface area contributed by atoms with Crippen molar-refractivity contribution in [2.24, 2.45) is 5.92 Å². The molecule has 0 atom stereocenters. The second-order valence-electron chi connectivity index (χ2n) is 8.41. The fourth-order valence-electron chi connectivity index (χ4n) is 4.27. The molecule has 0 unspecified atom stereocenters. The van der Waals surface area contributed by atoms with Crippen LogP contribution in [0.25, 0.3) is 0 Å². The molecule has 0 aromatic carbocycles. The van der Waals surface area contributed by atoms with Crippen LogP contribution in [0.5, 0.6) is 0 Å². The van der Waals surface area contributed by atoms with Gasteiger partial charge in [0.05, 0.1) is 13.1 Å². The molecule has 3 fully saturated rings. The fourth-order valence-corrected chi connectivity index (χ4v) is 4.27. The van der Waals surface area contributed by atoms with Crippen molar-refractivity contribution in [1.29, 1.82) is 0 Å². The lowest BCUT2D eigenvalue weighted by Gasteiger charge is -2.37. The van der Waals surface area contributed by atoms with Crippen LogP contribution in [0.15, 0.2) is 0 Å². The van der Waals surface area contributed by atoms with Gasteiger partial charge < -0.3 is 9.80 Å². The average Bonchev–Trinajstić information content (AvgIpc) is 2.93. The van der Waals surface area contributed by atoms with E-state index in [4.69, 9.17) is 0 Å². The molecule has 0 saturated carbocycles. The van der Waals surface area contributed by atoms with Crippen LogP contribution in [0, 0.1) is 5.92 Å². The van der Waals surface area contributed by atoms with Crippen molar-refractivity contribution in [3.05, 3.63) is 0 Å². The van der Waals surface area contributed by atoms with E-state index in [1.54, 1.807) is 0 Å². The van der Waals surface area contributed by atoms with E-state index >= 15 is 0 Å². The molecular formula is C20H36N4O2. The van der Waals surface area contributed by atoms with Crippen LogP contribution in [0.2, 0.25) is 0 Å². The molecule has 0 bridgehead atoms. The summed E-state index contributed by atoms with van der Waals surface area (Å²) in [5.41, 5.74) is 0. The van der Waals surface area contributed by atoms with Gasteiger partial charge in [-0.1, -0.05) is 19.8 Å². The normalized spacial score (nSPS) is 24.5. The third kappa shape index (κ3) is 5.68. The van der Waals surface area contributed by atoms with E-state index in [-0.39, 0.29) is 5.91 Å². The number of piperazine rings is 1. The van der Waals surface area contributed by atoms with Crippen molar-refractivity contribution in [1.82, 2.24) is 19.6 Å². The zero-order valence-electron chi connectivity index (χ0n) is 16.5. The molecule has 0 spiro atoms. The maximum Gasteiger partial charge on any atom is 0.236 e. The number of likely N-dealkylation sites (tertiary alicyclic amines) is 2. The lowest BCUT2D eigenvalue weighted by molar-refractivity contribution is -0.136. The standard InChI is InChI=1S/C20H36N4O2/c1-18-6-10-24(11-7-18)20(26)17-22-14-12-21(13-15-22)16-19(25)23-8-4-2-3-5-9-23/h18H,2-17H2,1H3. The second kappa shape index (κ2) is 9.70. The third-order valence-corrected chi connectivity index (χ3v) is 6.28. The van der Waals surface area contributed by atoms with Crippen LogP contribution in [0.1, 0.15) is 45.4 Å². The van der Waals surface area contributed by atoms with Crippen molar-refractivity contribution in [2.75, 3.05) is 65.4 Å². The molecular weight excluding hydrogens is 328 g/mol. The predicted molar refractivity (Wildman–Crippen MR) is 103 cm³/mol. The summed E-state index contributed by atoms with van der Waals surface area (Å²) in [6, 6.07) is 0. The Morgan fingerprint density at radius 3 is 1.54 bits per heavy atom. The lowest BCUT2D eigenvalue weighted by atomic mass is 9.99. The summed E-state index contributed by atoms with van der Waals surface area (Å²) in [6.45, 7) is 10.6. The van der Waals surface area contributed by atoms with E-state index in [1.807, 2.05) is 4.90 Å². The van der Waals surface area contributed by atoms with E-state index in [0.29, 0.717) is 19.0 Å². The van der Waals surface area contributed by atoms with Crippen LogP contribution in [0.4, 0.5) is 0 Å². The Balaban J connectivity index is 1.36. The van der Waals surface area contributed by atoms with Crippen molar-refractivity contribution in [3.8, 4) is 0 Å². The van der Waals surface area contributed by atoms with Crippen LogP contribution in [-0.4, -0.2) is 96.9 Å². The van der Waals surface area contributed by atoms with E-state index in [9.17, 15) is 9.59 Å². The SMILES string of the molecule is CC1CCN(C(=O)CN2CCN(CC(=O)N3CCCCCC3)CC2)CC1. The van der Waals surface area contributed by atoms with Crippen LogP contribution >= 0.6 is 0 Å². The number of carbonyl (C=O) groups is 2. The highest BCUT2D eigenvalue weighted by atomic mass is 16.2. The van der Waals surface area contributed by atoms with Gasteiger partial charge in [0.2, 0.25) is 11.8 Å². The quantitative estimate of drug-likeness (QED) is 0.754. The van der Waals surface area contributed by atoms with E-state index in [2.05, 4.69) is 21.6 Å². The molecule has 3 aliphatic heterocycles. The largest absolute Gasteiger partial charge is 0.342 e. The van der Waals surface area contributed by atoms with Gasteiger partial charge in [0.15, 0.2) is 0 Å². The van der Waals surface area contributed by atoms with Crippen LogP contribution in [-0.2, 0) is 9.59 Å². The van der Waals surface area contributed by atoms with Crippen LogP contribution < -0.4 is 0 Å². The van der Waals surface area contributed by atoms with Gasteiger partial charge in [-0.25, -0.2) is 0 Å². The molecule has 6 nitrogen and oxygen atoms in total. The maximum atomic E-state index is 12.5. The first kappa shape index (κ1) is 19.6. The summed E-state index contributed by atoms with van der Waals surface area (Å²) >= 11 is 0. The molecule has 148 valence electrons. The maximum absolute atomic E-state index is 12.5. The fraction of sp³-hybridized carbons (Fsp3) is 0.900. The van der Waals surface area contributed by atoms with E-state index in [1.165, 1.54) is 12.8 Å². The molecule has 6 heteroatoms. The summed E-state index contributed by atoms with van der Waals surface area (Å²) in [4.78, 5) is 33.6. The monoisotopic (exact) mass is 364 g/mol. The lowest BCUT2D eigenvalue weighted by Crippen LogP contribution is -2.52. The van der Waals surface area contributed by atoms with Crippen molar-refractivity contribution >= 4 is 11.8 Å². The minimum absolute atomic E-state index is 0.283. The van der Waals surface area contributed by atoms with Gasteiger partial charge in [-0.05, 0) is 31.6 Å². The van der Waals surface area contributed by atoms with Gasteiger partial charge in [-0.15, -0.1) is 0 Å². The Hall–Kier alpha value is -1.14. The Morgan fingerprint density at radius 1 is 0.654 bits per heavy atom. The highest BCUT2D eigenvalue weighted by molar-refractivity contribution is 5.79. The topological polar surface area (TPSA) is 47.1 Å². The Kier molecular flexibility index (Phi) is 7.32. The molecule has 2 amide bonds. The van der Waals surface area contributed by atoms with Crippen LogP contribution in [0.3, 0.4) is 0 Å². The Labute approximate surface area is 158 Å². The van der Waals surface area contributed by atoms with Gasteiger partial charge in [-0.2, -0.15) is 0 Å². The highest BCUT2D eigenvalue weighted by Gasteiger charge is 2.26. The number of rotatable bonds is 4. The molecule has 0 aromatic rings. The predicted octanol–water partition coefficient (Wildman–Crippen LogP) is 1.27. The number of carbonyl (C=O) groups excluding carboxylic acids is 2. The first-order valence-electron chi connectivity index (χ1n) is 10.6. The van der Waals surface area contributed by atoms with Crippen molar-refractivity contribution in [2.45, 2.75) is 45.4 Å². The zero-order valence-corrected chi connectivity index (χ0v) is 16.5. The summed E-state index contributed by atoms with van der Waals surface area (Å²) in [5, 5.41) is 0. The van der Waals surface area contributed by atoms with Gasteiger partial charge in [0.1, 0.15) is 0 Å². The molecule has 0 radical (unpaired) electrons. The van der Waals surface area contributed by atoms with Gasteiger partial charge >= 0.3 is 0 Å². The summed E-state index contributed by atoms with van der Waals surface area (Å²) < 4.78 is 0. The molecule has 3 saturated heterocycles.